The number of likely N-dealkylation sites (tertiary alicyclic amines) is 1. The summed E-state index contributed by atoms with van der Waals surface area (Å²) >= 11 is 0. The molecule has 1 unspecified atom stereocenters. The average Bonchev–Trinajstić information content (AvgIpc) is 2.80. The smallest absolute Gasteiger partial charge is 0.254 e. The van der Waals surface area contributed by atoms with Crippen molar-refractivity contribution in [2.24, 2.45) is 0 Å². The topological polar surface area (TPSA) is 32.3 Å². The summed E-state index contributed by atoms with van der Waals surface area (Å²) in [5.41, 5.74) is 3.24. The van der Waals surface area contributed by atoms with Gasteiger partial charge in [-0.3, -0.25) is 4.79 Å². The number of aryl methyl sites for hydroxylation is 2. The van der Waals surface area contributed by atoms with Gasteiger partial charge in [-0.05, 0) is 57.0 Å². The number of rotatable bonds is 3. The van der Waals surface area contributed by atoms with Crippen molar-refractivity contribution in [2.45, 2.75) is 32.7 Å². The normalized spacial score (nSPS) is 19.3. The monoisotopic (exact) mass is 246 g/mol. The van der Waals surface area contributed by atoms with Crippen molar-refractivity contribution in [3.05, 3.63) is 34.9 Å². The van der Waals surface area contributed by atoms with Gasteiger partial charge in [-0.25, -0.2) is 0 Å². The van der Waals surface area contributed by atoms with Crippen molar-refractivity contribution < 1.29 is 4.79 Å². The molecule has 98 valence electrons. The summed E-state index contributed by atoms with van der Waals surface area (Å²) in [5, 5.41) is 3.17. The van der Waals surface area contributed by atoms with Crippen molar-refractivity contribution in [1.29, 1.82) is 0 Å². The maximum Gasteiger partial charge on any atom is 0.254 e. The van der Waals surface area contributed by atoms with E-state index in [1.807, 2.05) is 30.1 Å². The SMILES string of the molecule is CNCC1CCCN1C(=O)c1ccc(C)c(C)c1. The van der Waals surface area contributed by atoms with Gasteiger partial charge in [0.15, 0.2) is 0 Å². The standard InChI is InChI=1S/C15H22N2O/c1-11-6-7-13(9-12(11)2)15(18)17-8-4-5-14(17)10-16-3/h6-7,9,14,16H,4-5,8,10H2,1-3H3. The molecule has 2 rings (SSSR count). The summed E-state index contributed by atoms with van der Waals surface area (Å²) in [6.45, 7) is 5.90. The molecule has 0 bridgehead atoms. The number of hydrogen-bond donors (Lipinski definition) is 1. The highest BCUT2D eigenvalue weighted by Crippen LogP contribution is 2.20. The number of likely N-dealkylation sites (N-methyl/N-ethyl adjacent to an activating group) is 1. The van der Waals surface area contributed by atoms with E-state index >= 15 is 0 Å². The van der Waals surface area contributed by atoms with Crippen LogP contribution in [0, 0.1) is 13.8 Å². The first-order valence-electron chi connectivity index (χ1n) is 6.66. The molecule has 3 nitrogen and oxygen atoms in total. The molecule has 1 heterocycles. The number of carbonyl (C=O) groups excluding carboxylic acids is 1. The zero-order chi connectivity index (χ0) is 13.1. The fourth-order valence-corrected chi connectivity index (χ4v) is 2.59. The molecule has 0 aliphatic carbocycles. The third-order valence-corrected chi connectivity index (χ3v) is 3.83. The van der Waals surface area contributed by atoms with E-state index in [1.165, 1.54) is 11.1 Å². The van der Waals surface area contributed by atoms with Crippen LogP contribution in [0.4, 0.5) is 0 Å². The van der Waals surface area contributed by atoms with Gasteiger partial charge in [0.2, 0.25) is 0 Å². The zero-order valence-electron chi connectivity index (χ0n) is 11.5. The highest BCUT2D eigenvalue weighted by molar-refractivity contribution is 5.94. The van der Waals surface area contributed by atoms with Gasteiger partial charge in [-0.15, -0.1) is 0 Å². The highest BCUT2D eigenvalue weighted by Gasteiger charge is 2.28. The molecular weight excluding hydrogens is 224 g/mol. The van der Waals surface area contributed by atoms with Crippen LogP contribution in [0.2, 0.25) is 0 Å². The molecule has 0 saturated carbocycles. The molecule has 3 heteroatoms. The second-order valence-corrected chi connectivity index (χ2v) is 5.15. The maximum absolute atomic E-state index is 12.5. The molecule has 18 heavy (non-hydrogen) atoms. The minimum absolute atomic E-state index is 0.177. The molecule has 0 spiro atoms. The summed E-state index contributed by atoms with van der Waals surface area (Å²) in [6.07, 6.45) is 2.22. The molecular formula is C15H22N2O. The lowest BCUT2D eigenvalue weighted by molar-refractivity contribution is 0.0737. The van der Waals surface area contributed by atoms with Crippen LogP contribution in [-0.2, 0) is 0 Å². The Kier molecular flexibility index (Phi) is 4.02. The van der Waals surface area contributed by atoms with Gasteiger partial charge in [0.25, 0.3) is 5.91 Å². The molecule has 1 aromatic rings. The summed E-state index contributed by atoms with van der Waals surface area (Å²) < 4.78 is 0. The largest absolute Gasteiger partial charge is 0.334 e. The number of carbonyl (C=O) groups is 1. The maximum atomic E-state index is 12.5. The third kappa shape index (κ3) is 2.56. The first-order valence-corrected chi connectivity index (χ1v) is 6.66. The van der Waals surface area contributed by atoms with Crippen molar-refractivity contribution >= 4 is 5.91 Å². The van der Waals surface area contributed by atoms with Gasteiger partial charge in [-0.2, -0.15) is 0 Å². The first-order chi connectivity index (χ1) is 8.63. The van der Waals surface area contributed by atoms with E-state index in [-0.39, 0.29) is 5.91 Å². The number of benzene rings is 1. The summed E-state index contributed by atoms with van der Waals surface area (Å²) in [7, 11) is 1.94. The van der Waals surface area contributed by atoms with Gasteiger partial charge in [0.1, 0.15) is 0 Å². The molecule has 1 aliphatic heterocycles. The van der Waals surface area contributed by atoms with E-state index in [0.717, 1.165) is 31.5 Å². The quantitative estimate of drug-likeness (QED) is 0.886. The first kappa shape index (κ1) is 13.1. The van der Waals surface area contributed by atoms with E-state index in [9.17, 15) is 4.79 Å². The number of hydrogen-bond acceptors (Lipinski definition) is 2. The van der Waals surface area contributed by atoms with Crippen molar-refractivity contribution in [3.63, 3.8) is 0 Å². The van der Waals surface area contributed by atoms with Gasteiger partial charge < -0.3 is 10.2 Å². The van der Waals surface area contributed by atoms with E-state index < -0.39 is 0 Å². The van der Waals surface area contributed by atoms with Crippen molar-refractivity contribution in [1.82, 2.24) is 10.2 Å². The van der Waals surface area contributed by atoms with Crippen LogP contribution in [0.15, 0.2) is 18.2 Å². The fourth-order valence-electron chi connectivity index (χ4n) is 2.59. The molecule has 1 aliphatic rings. The predicted molar refractivity (Wildman–Crippen MR) is 73.9 cm³/mol. The Morgan fingerprint density at radius 1 is 1.39 bits per heavy atom. The lowest BCUT2D eigenvalue weighted by atomic mass is 10.1. The van der Waals surface area contributed by atoms with Crippen LogP contribution in [0.25, 0.3) is 0 Å². The lowest BCUT2D eigenvalue weighted by Gasteiger charge is -2.24. The summed E-state index contributed by atoms with van der Waals surface area (Å²) in [6, 6.07) is 6.33. The van der Waals surface area contributed by atoms with Crippen molar-refractivity contribution in [2.75, 3.05) is 20.1 Å². The minimum Gasteiger partial charge on any atom is -0.334 e. The van der Waals surface area contributed by atoms with Gasteiger partial charge >= 0.3 is 0 Å². The zero-order valence-corrected chi connectivity index (χ0v) is 11.5. The Morgan fingerprint density at radius 3 is 2.83 bits per heavy atom. The van der Waals surface area contributed by atoms with E-state index in [2.05, 4.69) is 19.2 Å². The number of nitrogens with one attached hydrogen (secondary N) is 1. The van der Waals surface area contributed by atoms with E-state index in [0.29, 0.717) is 6.04 Å². The predicted octanol–water partition coefficient (Wildman–Crippen LogP) is 2.13. The Balaban J connectivity index is 2.17. The van der Waals surface area contributed by atoms with Crippen LogP contribution in [0.3, 0.4) is 0 Å². The minimum atomic E-state index is 0.177. The molecule has 1 atom stereocenters. The van der Waals surface area contributed by atoms with Crippen LogP contribution in [-0.4, -0.2) is 37.0 Å². The van der Waals surface area contributed by atoms with Crippen LogP contribution < -0.4 is 5.32 Å². The molecule has 1 fully saturated rings. The second kappa shape index (κ2) is 5.53. The molecule has 0 radical (unpaired) electrons. The van der Waals surface area contributed by atoms with Crippen molar-refractivity contribution in [3.8, 4) is 0 Å². The summed E-state index contributed by atoms with van der Waals surface area (Å²) in [5.74, 6) is 0.177. The number of amides is 1. The molecule has 1 N–H and O–H groups in total. The second-order valence-electron chi connectivity index (χ2n) is 5.15. The number of nitrogens with zero attached hydrogens (tertiary/aromatic N) is 1. The van der Waals surface area contributed by atoms with Gasteiger partial charge in [0.05, 0.1) is 0 Å². The van der Waals surface area contributed by atoms with Crippen LogP contribution in [0.5, 0.6) is 0 Å². The van der Waals surface area contributed by atoms with Crippen LogP contribution in [0.1, 0.15) is 34.3 Å². The Bertz CT molecular complexity index is 442. The van der Waals surface area contributed by atoms with E-state index in [1.54, 1.807) is 0 Å². The fraction of sp³-hybridized carbons (Fsp3) is 0.533. The Hall–Kier alpha value is -1.35. The molecule has 1 amide bonds. The summed E-state index contributed by atoms with van der Waals surface area (Å²) in [4.78, 5) is 14.5. The molecule has 0 aromatic heterocycles. The van der Waals surface area contributed by atoms with Gasteiger partial charge in [0, 0.05) is 24.7 Å². The highest BCUT2D eigenvalue weighted by atomic mass is 16.2. The van der Waals surface area contributed by atoms with Gasteiger partial charge in [-0.1, -0.05) is 6.07 Å². The molecule has 1 saturated heterocycles. The third-order valence-electron chi connectivity index (χ3n) is 3.83. The Morgan fingerprint density at radius 2 is 2.17 bits per heavy atom. The average molecular weight is 246 g/mol. The Labute approximate surface area is 109 Å². The van der Waals surface area contributed by atoms with Crippen LogP contribution >= 0.6 is 0 Å². The van der Waals surface area contributed by atoms with E-state index in [4.69, 9.17) is 0 Å². The lowest BCUT2D eigenvalue weighted by Crippen LogP contribution is -2.40. The molecule has 1 aromatic carbocycles.